The number of alkyl halides is 1. The van der Waals surface area contributed by atoms with Crippen LogP contribution in [0.4, 0.5) is 10.1 Å². The van der Waals surface area contributed by atoms with Crippen LogP contribution < -0.4 is 10.1 Å². The number of benzene rings is 1. The normalized spacial score (nSPS) is 39.8. The Labute approximate surface area is 280 Å². The number of aliphatic hydroxyl groups is 10. The molecule has 3 saturated heterocycles. The molecule has 11 N–H and O–H groups in total. The Hall–Kier alpha value is -2.18. The molecule has 3 fully saturated rings. The van der Waals surface area contributed by atoms with Gasteiger partial charge in [0.05, 0.1) is 19.8 Å². The van der Waals surface area contributed by atoms with E-state index in [1.165, 1.54) is 18.2 Å². The molecule has 19 heteroatoms. The Morgan fingerprint density at radius 3 is 1.78 bits per heavy atom. The third kappa shape index (κ3) is 9.01. The van der Waals surface area contributed by atoms with Gasteiger partial charge in [0.1, 0.15) is 85.7 Å². The van der Waals surface area contributed by atoms with E-state index in [0.29, 0.717) is 12.1 Å². The van der Waals surface area contributed by atoms with Crippen LogP contribution in [0.1, 0.15) is 31.7 Å². The standard InChI is InChI=1S/C30H46FNO17/c1-2-3-4-18(36)32-13-5-6-14(12(7-13)8-31)44-28-24(42)21(39)26(16(10-34)46-28)49-30-25(43)22(40)27(17(11-35)47-30)48-29-23(41)20(38)19(37)15(9-33)45-29/h5-7,15-17,19-30,33-35,37-43H,2-4,8-11H2,1H3,(H,32,36)/t15?,16?,17?,19-,20+,21-,22-,23?,24?,25?,26+,27+,28-,29-,30-/m1/s1. The Morgan fingerprint density at radius 2 is 1.24 bits per heavy atom. The van der Waals surface area contributed by atoms with E-state index >= 15 is 0 Å². The molecule has 3 aliphatic rings. The first kappa shape index (κ1) is 39.6. The minimum absolute atomic E-state index is 0.0132. The number of amides is 1. The molecule has 0 saturated carbocycles. The highest BCUT2D eigenvalue weighted by Crippen LogP contribution is 2.34. The van der Waals surface area contributed by atoms with E-state index in [1.807, 2.05) is 6.92 Å². The molecule has 1 aromatic carbocycles. The molecule has 15 atom stereocenters. The first-order valence-electron chi connectivity index (χ1n) is 15.9. The van der Waals surface area contributed by atoms with E-state index in [9.17, 15) is 60.3 Å². The molecule has 4 rings (SSSR count). The number of carbonyl (C=O) groups is 1. The summed E-state index contributed by atoms with van der Waals surface area (Å²) in [6.45, 7) is -1.56. The molecule has 0 bridgehead atoms. The summed E-state index contributed by atoms with van der Waals surface area (Å²) in [5.74, 6) is -0.347. The number of aliphatic hydroxyl groups excluding tert-OH is 10. The molecule has 280 valence electrons. The van der Waals surface area contributed by atoms with Crippen molar-refractivity contribution in [3.63, 3.8) is 0 Å². The van der Waals surface area contributed by atoms with Crippen molar-refractivity contribution in [3.8, 4) is 5.75 Å². The van der Waals surface area contributed by atoms with E-state index in [1.54, 1.807) is 0 Å². The van der Waals surface area contributed by atoms with Gasteiger partial charge in [-0.25, -0.2) is 4.39 Å². The summed E-state index contributed by atoms with van der Waals surface area (Å²) in [4.78, 5) is 12.1. The van der Waals surface area contributed by atoms with Crippen molar-refractivity contribution in [2.24, 2.45) is 0 Å². The molecule has 6 unspecified atom stereocenters. The van der Waals surface area contributed by atoms with Crippen LogP contribution >= 0.6 is 0 Å². The van der Waals surface area contributed by atoms with E-state index in [-0.39, 0.29) is 23.6 Å². The van der Waals surface area contributed by atoms with Crippen LogP contribution in [0.25, 0.3) is 0 Å². The number of carbonyl (C=O) groups excluding carboxylic acids is 1. The van der Waals surface area contributed by atoms with Crippen LogP contribution in [-0.4, -0.2) is 169 Å². The minimum Gasteiger partial charge on any atom is -0.462 e. The van der Waals surface area contributed by atoms with Gasteiger partial charge >= 0.3 is 0 Å². The predicted molar refractivity (Wildman–Crippen MR) is 159 cm³/mol. The van der Waals surface area contributed by atoms with Crippen molar-refractivity contribution in [2.45, 2.75) is 125 Å². The summed E-state index contributed by atoms with van der Waals surface area (Å²) in [6.07, 6.45) is -24.1. The highest BCUT2D eigenvalue weighted by Gasteiger charge is 2.53. The van der Waals surface area contributed by atoms with Crippen LogP contribution in [0.5, 0.6) is 5.75 Å². The predicted octanol–water partition coefficient (Wildman–Crippen LogP) is -3.89. The van der Waals surface area contributed by atoms with Gasteiger partial charge in [-0.2, -0.15) is 0 Å². The van der Waals surface area contributed by atoms with Gasteiger partial charge in [-0.3, -0.25) is 4.79 Å². The van der Waals surface area contributed by atoms with Crippen molar-refractivity contribution in [1.29, 1.82) is 0 Å². The second-order valence-corrected chi connectivity index (χ2v) is 12.0. The Kier molecular flexibility index (Phi) is 14.4. The lowest BCUT2D eigenvalue weighted by atomic mass is 9.96. The van der Waals surface area contributed by atoms with Gasteiger partial charge in [0, 0.05) is 17.7 Å². The summed E-state index contributed by atoms with van der Waals surface area (Å²) in [6, 6.07) is 4.10. The minimum atomic E-state index is -1.98. The quantitative estimate of drug-likeness (QED) is 0.0880. The number of halogens is 1. The van der Waals surface area contributed by atoms with Crippen LogP contribution in [0.3, 0.4) is 0 Å². The Balaban J connectivity index is 1.42. The first-order chi connectivity index (χ1) is 23.4. The molecular formula is C30H46FNO17. The molecule has 0 aromatic heterocycles. The number of anilines is 1. The molecule has 49 heavy (non-hydrogen) atoms. The van der Waals surface area contributed by atoms with Gasteiger partial charge in [-0.1, -0.05) is 13.3 Å². The van der Waals surface area contributed by atoms with Crippen molar-refractivity contribution < 1.29 is 88.7 Å². The monoisotopic (exact) mass is 711 g/mol. The zero-order chi connectivity index (χ0) is 36.0. The largest absolute Gasteiger partial charge is 0.462 e. The Bertz CT molecular complexity index is 1200. The van der Waals surface area contributed by atoms with Crippen molar-refractivity contribution in [2.75, 3.05) is 25.1 Å². The smallest absolute Gasteiger partial charge is 0.229 e. The average molecular weight is 712 g/mol. The second kappa shape index (κ2) is 17.8. The maximum Gasteiger partial charge on any atom is 0.229 e. The Morgan fingerprint density at radius 1 is 0.735 bits per heavy atom. The van der Waals surface area contributed by atoms with Crippen LogP contribution in [-0.2, 0) is 35.2 Å². The summed E-state index contributed by atoms with van der Waals surface area (Å²) >= 11 is 0. The average Bonchev–Trinajstić information content (AvgIpc) is 3.10. The zero-order valence-corrected chi connectivity index (χ0v) is 26.5. The zero-order valence-electron chi connectivity index (χ0n) is 26.5. The highest BCUT2D eigenvalue weighted by molar-refractivity contribution is 5.90. The van der Waals surface area contributed by atoms with Gasteiger partial charge in [0.15, 0.2) is 12.6 Å². The SMILES string of the molecule is CCCCC(=O)Nc1ccc(O[C@@H]2OC(CO)[C@H](O[C@H]3OC(CO)[C@H](O[C@H]4OC(CO)[C@@H](O)[C@H](O)C4O)[C@H](O)C3O)[C@H](O)C2O)c(CF)c1. The van der Waals surface area contributed by atoms with Gasteiger partial charge in [0.25, 0.3) is 0 Å². The lowest BCUT2D eigenvalue weighted by Gasteiger charge is -2.48. The van der Waals surface area contributed by atoms with Crippen LogP contribution in [0.2, 0.25) is 0 Å². The fourth-order valence-corrected chi connectivity index (χ4v) is 5.70. The molecule has 0 radical (unpaired) electrons. The van der Waals surface area contributed by atoms with E-state index in [2.05, 4.69) is 5.32 Å². The molecule has 1 amide bonds. The number of hydrogen-bond donors (Lipinski definition) is 11. The molecule has 0 aliphatic carbocycles. The van der Waals surface area contributed by atoms with Crippen LogP contribution in [0.15, 0.2) is 18.2 Å². The molecule has 3 heterocycles. The van der Waals surface area contributed by atoms with Gasteiger partial charge in [0.2, 0.25) is 12.2 Å². The van der Waals surface area contributed by atoms with Gasteiger partial charge in [-0.05, 0) is 24.6 Å². The lowest BCUT2D eigenvalue weighted by Crippen LogP contribution is -2.66. The molecule has 18 nitrogen and oxygen atoms in total. The summed E-state index contributed by atoms with van der Waals surface area (Å²) in [5.41, 5.74) is 0.295. The van der Waals surface area contributed by atoms with Crippen molar-refractivity contribution >= 4 is 11.6 Å². The lowest BCUT2D eigenvalue weighted by molar-refractivity contribution is -0.376. The molecule has 0 spiro atoms. The highest BCUT2D eigenvalue weighted by atomic mass is 19.1. The molecular weight excluding hydrogens is 665 g/mol. The summed E-state index contributed by atoms with van der Waals surface area (Å²) in [7, 11) is 0. The van der Waals surface area contributed by atoms with Gasteiger partial charge in [-0.15, -0.1) is 0 Å². The molecule has 3 aliphatic heterocycles. The number of hydrogen-bond acceptors (Lipinski definition) is 17. The topological polar surface area (TPSA) is 287 Å². The second-order valence-electron chi connectivity index (χ2n) is 12.0. The van der Waals surface area contributed by atoms with Crippen LogP contribution in [0, 0.1) is 0 Å². The van der Waals surface area contributed by atoms with E-state index in [4.69, 9.17) is 28.4 Å². The third-order valence-electron chi connectivity index (χ3n) is 8.56. The van der Waals surface area contributed by atoms with Crippen molar-refractivity contribution in [1.82, 2.24) is 0 Å². The van der Waals surface area contributed by atoms with E-state index < -0.39 is 119 Å². The van der Waals surface area contributed by atoms with Crippen molar-refractivity contribution in [3.05, 3.63) is 23.8 Å². The number of unbranched alkanes of at least 4 members (excludes halogenated alkanes) is 1. The number of rotatable bonds is 14. The maximum atomic E-state index is 13.9. The fraction of sp³-hybridized carbons (Fsp3) is 0.767. The number of nitrogens with one attached hydrogen (secondary N) is 1. The number of ether oxygens (including phenoxy) is 6. The fourth-order valence-electron chi connectivity index (χ4n) is 5.70. The molecule has 1 aromatic rings. The van der Waals surface area contributed by atoms with Gasteiger partial charge < -0.3 is 84.8 Å². The third-order valence-corrected chi connectivity index (χ3v) is 8.56. The maximum absolute atomic E-state index is 13.9. The first-order valence-corrected chi connectivity index (χ1v) is 15.9. The summed E-state index contributed by atoms with van der Waals surface area (Å²) in [5, 5.41) is 106. The summed E-state index contributed by atoms with van der Waals surface area (Å²) < 4.78 is 47.2. The van der Waals surface area contributed by atoms with E-state index in [0.717, 1.165) is 6.42 Å².